The van der Waals surface area contributed by atoms with Crippen molar-refractivity contribution in [1.29, 1.82) is 0 Å². The van der Waals surface area contributed by atoms with Gasteiger partial charge in [-0.05, 0) is 25.5 Å². The highest BCUT2D eigenvalue weighted by Gasteiger charge is 2.39. The first-order chi connectivity index (χ1) is 17.2. The van der Waals surface area contributed by atoms with Crippen LogP contribution in [0.3, 0.4) is 0 Å². The third-order valence-corrected chi connectivity index (χ3v) is 5.81. The number of aryl methyl sites for hydroxylation is 1. The van der Waals surface area contributed by atoms with Crippen molar-refractivity contribution in [3.05, 3.63) is 35.9 Å². The number of nitrogens with one attached hydrogen (secondary N) is 2. The lowest BCUT2D eigenvalue weighted by molar-refractivity contribution is -0.192. The van der Waals surface area contributed by atoms with Crippen LogP contribution in [0.5, 0.6) is 0 Å². The summed E-state index contributed by atoms with van der Waals surface area (Å²) in [6, 6.07) is 2.64. The van der Waals surface area contributed by atoms with Crippen molar-refractivity contribution in [1.82, 2.24) is 29.7 Å². The number of carboxylic acid groups (broad SMARTS) is 1. The standard InChI is InChI=1S/C18H19F3N8O.C2HF3O2/c1-27-9-13(15(26-27)18(19,20)21)24-17(30)12-7-23-29-5-3-14(25-16(12)29)28-8-10-6-11(28)2-4-22-10;3-2(4,5)1(6)7/h3,5,7,9-11,22H,2,4,6,8H2,1H3,(H,24,30);(H,6,7). The van der Waals surface area contributed by atoms with Crippen molar-refractivity contribution in [2.45, 2.75) is 37.3 Å². The van der Waals surface area contributed by atoms with Crippen LogP contribution >= 0.6 is 0 Å². The Balaban J connectivity index is 0.000000405. The van der Waals surface area contributed by atoms with E-state index in [0.717, 1.165) is 42.6 Å². The van der Waals surface area contributed by atoms with E-state index in [1.807, 2.05) is 6.07 Å². The Labute approximate surface area is 204 Å². The summed E-state index contributed by atoms with van der Waals surface area (Å²) in [4.78, 5) is 28.5. The summed E-state index contributed by atoms with van der Waals surface area (Å²) in [5.41, 5.74) is -1.18. The number of carboxylic acids is 1. The van der Waals surface area contributed by atoms with Crippen LogP contribution in [0.2, 0.25) is 0 Å². The molecule has 2 aliphatic heterocycles. The quantitative estimate of drug-likeness (QED) is 0.437. The van der Waals surface area contributed by atoms with Gasteiger partial charge in [0.2, 0.25) is 0 Å². The molecule has 11 nitrogen and oxygen atoms in total. The second-order valence-corrected chi connectivity index (χ2v) is 8.41. The number of aliphatic carboxylic acids is 1. The number of amides is 1. The topological polar surface area (TPSA) is 130 Å². The second-order valence-electron chi connectivity index (χ2n) is 8.41. The molecular weight excluding hydrogens is 514 g/mol. The van der Waals surface area contributed by atoms with Crippen LogP contribution in [0.4, 0.5) is 37.8 Å². The van der Waals surface area contributed by atoms with Gasteiger partial charge in [-0.15, -0.1) is 0 Å². The van der Waals surface area contributed by atoms with Gasteiger partial charge in [0, 0.05) is 38.1 Å². The molecule has 200 valence electrons. The fraction of sp³-hybridized carbons (Fsp3) is 0.450. The molecule has 3 aromatic rings. The largest absolute Gasteiger partial charge is 0.490 e. The highest BCUT2D eigenvalue weighted by molar-refractivity contribution is 6.08. The molecule has 0 aliphatic carbocycles. The number of anilines is 2. The van der Waals surface area contributed by atoms with Gasteiger partial charge in [-0.2, -0.15) is 36.5 Å². The van der Waals surface area contributed by atoms with Crippen molar-refractivity contribution in [3.8, 4) is 0 Å². The van der Waals surface area contributed by atoms with Gasteiger partial charge in [0.05, 0.1) is 11.9 Å². The summed E-state index contributed by atoms with van der Waals surface area (Å²) < 4.78 is 73.7. The van der Waals surface area contributed by atoms with Crippen LogP contribution in [0.15, 0.2) is 24.7 Å². The van der Waals surface area contributed by atoms with Crippen molar-refractivity contribution in [3.63, 3.8) is 0 Å². The summed E-state index contributed by atoms with van der Waals surface area (Å²) in [7, 11) is 1.36. The number of hydrogen-bond acceptors (Lipinski definition) is 7. The molecule has 0 aromatic carbocycles. The normalized spacial score (nSPS) is 19.5. The van der Waals surface area contributed by atoms with E-state index < -0.39 is 35.6 Å². The number of rotatable bonds is 3. The van der Waals surface area contributed by atoms with Crippen molar-refractivity contribution < 1.29 is 41.0 Å². The summed E-state index contributed by atoms with van der Waals surface area (Å²) in [6.07, 6.45) is -3.59. The first-order valence-electron chi connectivity index (χ1n) is 10.8. The number of hydrogen-bond donors (Lipinski definition) is 3. The number of piperidine rings is 1. The van der Waals surface area contributed by atoms with Crippen molar-refractivity contribution in [2.75, 3.05) is 23.3 Å². The highest BCUT2D eigenvalue weighted by Crippen LogP contribution is 2.34. The SMILES string of the molecule is Cn1cc(NC(=O)c2cnn3ccc(N4CC5CC4CCN5)nc23)c(C(F)(F)F)n1.O=C(O)C(F)(F)F. The minimum atomic E-state index is -5.08. The predicted octanol–water partition coefficient (Wildman–Crippen LogP) is 2.31. The molecular formula is C20H20F6N8O3. The average molecular weight is 534 g/mol. The average Bonchev–Trinajstić information content (AvgIpc) is 3.47. The zero-order valence-corrected chi connectivity index (χ0v) is 19.0. The number of fused-ring (bicyclic) bond motifs is 3. The molecule has 2 bridgehead atoms. The van der Waals surface area contributed by atoms with Crippen LogP contribution in [-0.4, -0.2) is 72.7 Å². The van der Waals surface area contributed by atoms with E-state index in [1.54, 1.807) is 6.20 Å². The summed E-state index contributed by atoms with van der Waals surface area (Å²) in [5.74, 6) is -2.76. The summed E-state index contributed by atoms with van der Waals surface area (Å²) >= 11 is 0. The number of halogens is 6. The van der Waals surface area contributed by atoms with Crippen LogP contribution in [0.25, 0.3) is 5.65 Å². The highest BCUT2D eigenvalue weighted by atomic mass is 19.4. The minimum Gasteiger partial charge on any atom is -0.475 e. The number of aromatic nitrogens is 5. The zero-order valence-electron chi connectivity index (χ0n) is 19.0. The zero-order chi connectivity index (χ0) is 27.1. The van der Waals surface area contributed by atoms with E-state index in [-0.39, 0.29) is 11.2 Å². The van der Waals surface area contributed by atoms with E-state index >= 15 is 0 Å². The van der Waals surface area contributed by atoms with Crippen LogP contribution in [-0.2, 0) is 18.0 Å². The number of carbonyl (C=O) groups excluding carboxylic acids is 1. The Morgan fingerprint density at radius 2 is 1.92 bits per heavy atom. The minimum absolute atomic E-state index is 0.0918. The molecule has 2 aliphatic rings. The molecule has 2 saturated heterocycles. The number of alkyl halides is 6. The molecule has 0 saturated carbocycles. The molecule has 0 spiro atoms. The maximum atomic E-state index is 13.2. The number of nitrogens with zero attached hydrogens (tertiary/aromatic N) is 6. The van der Waals surface area contributed by atoms with Crippen LogP contribution in [0, 0.1) is 0 Å². The first kappa shape index (κ1) is 26.2. The Morgan fingerprint density at radius 1 is 1.22 bits per heavy atom. The predicted molar refractivity (Wildman–Crippen MR) is 115 cm³/mol. The van der Waals surface area contributed by atoms with Gasteiger partial charge in [-0.3, -0.25) is 9.48 Å². The maximum Gasteiger partial charge on any atom is 0.490 e. The molecule has 3 aromatic heterocycles. The van der Waals surface area contributed by atoms with Crippen molar-refractivity contribution in [2.24, 2.45) is 7.05 Å². The van der Waals surface area contributed by atoms with E-state index in [0.29, 0.717) is 12.1 Å². The molecule has 2 fully saturated rings. The molecule has 2 atom stereocenters. The number of carbonyl (C=O) groups is 2. The third-order valence-electron chi connectivity index (χ3n) is 5.81. The monoisotopic (exact) mass is 534 g/mol. The van der Waals surface area contributed by atoms with Gasteiger partial charge in [-0.25, -0.2) is 14.3 Å². The van der Waals surface area contributed by atoms with Crippen LogP contribution < -0.4 is 15.5 Å². The lowest BCUT2D eigenvalue weighted by Gasteiger charge is -2.25. The van der Waals surface area contributed by atoms with Gasteiger partial charge in [0.15, 0.2) is 11.3 Å². The molecule has 5 heterocycles. The van der Waals surface area contributed by atoms with Gasteiger partial charge < -0.3 is 20.6 Å². The Morgan fingerprint density at radius 3 is 2.54 bits per heavy atom. The Kier molecular flexibility index (Phi) is 6.74. The smallest absolute Gasteiger partial charge is 0.475 e. The Hall–Kier alpha value is -3.89. The molecule has 1 amide bonds. The molecule has 2 unspecified atom stereocenters. The van der Waals surface area contributed by atoms with E-state index in [1.165, 1.54) is 17.8 Å². The fourth-order valence-electron chi connectivity index (χ4n) is 4.23. The lowest BCUT2D eigenvalue weighted by atomic mass is 10.1. The van der Waals surface area contributed by atoms with E-state index in [2.05, 4.69) is 30.7 Å². The van der Waals surface area contributed by atoms with Gasteiger partial charge in [-0.1, -0.05) is 0 Å². The van der Waals surface area contributed by atoms with E-state index in [9.17, 15) is 31.1 Å². The van der Waals surface area contributed by atoms with Gasteiger partial charge >= 0.3 is 18.3 Å². The third kappa shape index (κ3) is 5.60. The molecule has 3 N–H and O–H groups in total. The van der Waals surface area contributed by atoms with Gasteiger partial charge in [0.1, 0.15) is 11.4 Å². The lowest BCUT2D eigenvalue weighted by Crippen LogP contribution is -2.35. The Bertz CT molecular complexity index is 1320. The molecule has 37 heavy (non-hydrogen) atoms. The summed E-state index contributed by atoms with van der Waals surface area (Å²) in [6.45, 7) is 1.79. The molecule has 0 radical (unpaired) electrons. The van der Waals surface area contributed by atoms with Crippen LogP contribution in [0.1, 0.15) is 28.9 Å². The van der Waals surface area contributed by atoms with Crippen molar-refractivity contribution >= 4 is 29.0 Å². The molecule has 5 rings (SSSR count). The maximum absolute atomic E-state index is 13.2. The first-order valence-corrected chi connectivity index (χ1v) is 10.8. The summed E-state index contributed by atoms with van der Waals surface area (Å²) in [5, 5.41) is 20.4. The molecule has 17 heteroatoms. The van der Waals surface area contributed by atoms with Gasteiger partial charge in [0.25, 0.3) is 5.91 Å². The fourth-order valence-corrected chi connectivity index (χ4v) is 4.23. The van der Waals surface area contributed by atoms with E-state index in [4.69, 9.17) is 9.90 Å². The second kappa shape index (κ2) is 9.53.